The Kier molecular flexibility index (Phi) is 10.0. The minimum atomic E-state index is -0.774. The number of carbonyl (C=O) groups is 1. The molecule has 7 aromatic rings. The Labute approximate surface area is 327 Å². The number of anilines is 1. The van der Waals surface area contributed by atoms with E-state index < -0.39 is 5.54 Å². The summed E-state index contributed by atoms with van der Waals surface area (Å²) in [6, 6.07) is 45.9. The number of fused-ring (bicyclic) bond motifs is 1. The zero-order chi connectivity index (χ0) is 37.9. The van der Waals surface area contributed by atoms with Crippen LogP contribution in [0.5, 0.6) is 0 Å². The average Bonchev–Trinajstić information content (AvgIpc) is 3.92. The first-order valence-corrected chi connectivity index (χ1v) is 19.9. The Morgan fingerprint density at radius 3 is 2.14 bits per heavy atom. The number of rotatable bonds is 10. The average molecular weight is 742 g/mol. The van der Waals surface area contributed by atoms with Gasteiger partial charge in [-0.05, 0) is 98.1 Å². The highest BCUT2D eigenvalue weighted by Crippen LogP contribution is 2.41. The number of carbonyl (C=O) groups excluding carboxylic acids is 1. The summed E-state index contributed by atoms with van der Waals surface area (Å²) in [5, 5.41) is 18.2. The van der Waals surface area contributed by atoms with Gasteiger partial charge in [-0.15, -0.1) is 5.10 Å². The number of benzene rings is 5. The largest absolute Gasteiger partial charge is 0.356 e. The van der Waals surface area contributed by atoms with Crippen molar-refractivity contribution in [2.24, 2.45) is 11.8 Å². The fourth-order valence-corrected chi connectivity index (χ4v) is 8.64. The number of nitrogens with zero attached hydrogens (tertiary/aromatic N) is 5. The molecule has 5 aromatic carbocycles. The van der Waals surface area contributed by atoms with E-state index in [1.165, 1.54) is 0 Å². The molecule has 2 saturated heterocycles. The molecule has 0 aliphatic carbocycles. The first-order valence-electron chi connectivity index (χ1n) is 19.9. The first kappa shape index (κ1) is 35.8. The van der Waals surface area contributed by atoms with Crippen LogP contribution in [0.3, 0.4) is 0 Å². The number of hydrogen-bond donors (Lipinski definition) is 2. The predicted octanol–water partition coefficient (Wildman–Crippen LogP) is 9.08. The van der Waals surface area contributed by atoms with Crippen LogP contribution in [0, 0.1) is 11.8 Å². The Hall–Kier alpha value is -5.90. The van der Waals surface area contributed by atoms with Crippen molar-refractivity contribution in [3.05, 3.63) is 156 Å². The smallest absolute Gasteiger partial charge is 0.227 e. The molecule has 9 rings (SSSR count). The molecule has 0 radical (unpaired) electrons. The SMILES string of the molecule is CC(C(=O)Nc1cccc(-c2nn(C3CCCCO3)c3ccc(-c4ncn(C(c5ccccc5)(c5ccccc5)c5ccccc5)n4)cc23)c1)C1CCCNC1. The molecule has 1 amide bonds. The van der Waals surface area contributed by atoms with Crippen molar-refractivity contribution in [3.8, 4) is 22.6 Å². The van der Waals surface area contributed by atoms with Crippen LogP contribution in [0.1, 0.15) is 61.9 Å². The van der Waals surface area contributed by atoms with Gasteiger partial charge in [0.25, 0.3) is 0 Å². The molecule has 2 fully saturated rings. The van der Waals surface area contributed by atoms with E-state index in [4.69, 9.17) is 19.9 Å². The molecule has 2 aromatic heterocycles. The number of ether oxygens (including phenoxy) is 1. The second-order valence-corrected chi connectivity index (χ2v) is 15.1. The van der Waals surface area contributed by atoms with Gasteiger partial charge in [0.15, 0.2) is 12.1 Å². The first-order chi connectivity index (χ1) is 27.6. The lowest BCUT2D eigenvalue weighted by atomic mass is 9.77. The standard InChI is InChI=1S/C47H47N7O2/c1-33(36-16-14-27-48-31-36)46(55)50-40-23-13-15-34(29-40)44-41-30-35(25-26-42(41)54(51-44)43-24-11-12-28-56-43)45-49-32-53(52-45)47(37-17-5-2-6-18-37,38-19-7-3-8-20-38)39-21-9-4-10-22-39/h2-10,13,15,17-23,25-26,29-30,32-33,36,43,48H,11-12,14,16,24,27-28,31H2,1H3,(H,50,55). The molecule has 2 N–H and O–H groups in total. The third-order valence-electron chi connectivity index (χ3n) is 11.7. The summed E-state index contributed by atoms with van der Waals surface area (Å²) in [6.45, 7) is 4.65. The second-order valence-electron chi connectivity index (χ2n) is 15.1. The van der Waals surface area contributed by atoms with E-state index in [0.717, 1.165) is 95.3 Å². The summed E-state index contributed by atoms with van der Waals surface area (Å²) in [7, 11) is 0. The van der Waals surface area contributed by atoms with Crippen LogP contribution >= 0.6 is 0 Å². The number of amides is 1. The molecule has 3 atom stereocenters. The molecule has 2 aliphatic heterocycles. The monoisotopic (exact) mass is 741 g/mol. The van der Waals surface area contributed by atoms with Gasteiger partial charge in [-0.1, -0.05) is 110 Å². The van der Waals surface area contributed by atoms with Crippen LogP contribution in [0.25, 0.3) is 33.5 Å². The molecule has 282 valence electrons. The van der Waals surface area contributed by atoms with Gasteiger partial charge in [0, 0.05) is 34.7 Å². The van der Waals surface area contributed by atoms with Crippen molar-refractivity contribution in [1.29, 1.82) is 0 Å². The maximum Gasteiger partial charge on any atom is 0.227 e. The summed E-state index contributed by atoms with van der Waals surface area (Å²) < 4.78 is 10.3. The summed E-state index contributed by atoms with van der Waals surface area (Å²) in [4.78, 5) is 18.4. The lowest BCUT2D eigenvalue weighted by Crippen LogP contribution is -2.38. The van der Waals surface area contributed by atoms with Crippen molar-refractivity contribution in [2.45, 2.75) is 50.8 Å². The Morgan fingerprint density at radius 2 is 1.50 bits per heavy atom. The fourth-order valence-electron chi connectivity index (χ4n) is 8.64. The number of hydrogen-bond acceptors (Lipinski definition) is 6. The molecule has 9 heteroatoms. The predicted molar refractivity (Wildman–Crippen MR) is 221 cm³/mol. The molecule has 3 unspecified atom stereocenters. The third kappa shape index (κ3) is 6.71. The Balaban J connectivity index is 1.13. The van der Waals surface area contributed by atoms with E-state index in [-0.39, 0.29) is 18.1 Å². The lowest BCUT2D eigenvalue weighted by molar-refractivity contribution is -0.121. The maximum absolute atomic E-state index is 13.4. The van der Waals surface area contributed by atoms with Crippen LogP contribution in [0.2, 0.25) is 0 Å². The fraction of sp³-hybridized carbons (Fsp3) is 0.277. The highest BCUT2D eigenvalue weighted by Gasteiger charge is 2.40. The molecule has 9 nitrogen and oxygen atoms in total. The van der Waals surface area contributed by atoms with Gasteiger partial charge in [0.1, 0.15) is 17.6 Å². The van der Waals surface area contributed by atoms with E-state index in [1.807, 2.05) is 59.0 Å². The van der Waals surface area contributed by atoms with Gasteiger partial charge in [-0.25, -0.2) is 14.3 Å². The molecule has 4 heterocycles. The number of aromatic nitrogens is 5. The second kappa shape index (κ2) is 15.7. The minimum Gasteiger partial charge on any atom is -0.356 e. The molecule has 0 bridgehead atoms. The Morgan fingerprint density at radius 1 is 0.786 bits per heavy atom. The van der Waals surface area contributed by atoms with Crippen molar-refractivity contribution in [1.82, 2.24) is 29.9 Å². The molecule has 2 aliphatic rings. The van der Waals surface area contributed by atoms with E-state index >= 15 is 0 Å². The van der Waals surface area contributed by atoms with E-state index in [1.54, 1.807) is 0 Å². The quantitative estimate of drug-likeness (QED) is 0.136. The highest BCUT2D eigenvalue weighted by atomic mass is 16.5. The summed E-state index contributed by atoms with van der Waals surface area (Å²) in [6.07, 6.45) is 6.90. The van der Waals surface area contributed by atoms with Crippen molar-refractivity contribution < 1.29 is 9.53 Å². The van der Waals surface area contributed by atoms with Crippen LogP contribution in [0.4, 0.5) is 5.69 Å². The van der Waals surface area contributed by atoms with E-state index in [9.17, 15) is 4.79 Å². The van der Waals surface area contributed by atoms with Crippen molar-refractivity contribution in [3.63, 3.8) is 0 Å². The normalized spacial score (nSPS) is 18.1. The third-order valence-corrected chi connectivity index (χ3v) is 11.7. The van der Waals surface area contributed by atoms with Crippen LogP contribution in [-0.4, -0.2) is 50.1 Å². The number of nitrogens with one attached hydrogen (secondary N) is 2. The maximum atomic E-state index is 13.4. The Bertz CT molecular complexity index is 2320. The summed E-state index contributed by atoms with van der Waals surface area (Å²) in [5.74, 6) is 0.896. The highest BCUT2D eigenvalue weighted by molar-refractivity contribution is 5.97. The van der Waals surface area contributed by atoms with Crippen LogP contribution < -0.4 is 10.6 Å². The van der Waals surface area contributed by atoms with Gasteiger partial charge >= 0.3 is 0 Å². The zero-order valence-corrected chi connectivity index (χ0v) is 31.7. The van der Waals surface area contributed by atoms with Gasteiger partial charge < -0.3 is 15.4 Å². The molecule has 56 heavy (non-hydrogen) atoms. The van der Waals surface area contributed by atoms with Crippen LogP contribution in [-0.2, 0) is 15.1 Å². The molecular weight excluding hydrogens is 695 g/mol. The van der Waals surface area contributed by atoms with Crippen LogP contribution in [0.15, 0.2) is 140 Å². The topological polar surface area (TPSA) is 98.9 Å². The lowest BCUT2D eigenvalue weighted by Gasteiger charge is -2.35. The van der Waals surface area contributed by atoms with Gasteiger partial charge in [-0.2, -0.15) is 5.10 Å². The van der Waals surface area contributed by atoms with Gasteiger partial charge in [0.2, 0.25) is 5.91 Å². The van der Waals surface area contributed by atoms with Crippen molar-refractivity contribution in [2.75, 3.05) is 25.0 Å². The molecular formula is C47H47N7O2. The molecule has 0 spiro atoms. The van der Waals surface area contributed by atoms with Gasteiger partial charge in [0.05, 0.1) is 5.52 Å². The van der Waals surface area contributed by atoms with E-state index in [0.29, 0.717) is 18.3 Å². The zero-order valence-electron chi connectivity index (χ0n) is 31.7. The van der Waals surface area contributed by atoms with E-state index in [2.05, 4.69) is 108 Å². The van der Waals surface area contributed by atoms with Gasteiger partial charge in [-0.3, -0.25) is 4.79 Å². The minimum absolute atomic E-state index is 0.0448. The summed E-state index contributed by atoms with van der Waals surface area (Å²) in [5.41, 5.74) is 6.83. The molecule has 0 saturated carbocycles. The number of piperidine rings is 1. The van der Waals surface area contributed by atoms with Crippen molar-refractivity contribution >= 4 is 22.5 Å². The summed E-state index contributed by atoms with van der Waals surface area (Å²) >= 11 is 0.